The molecule has 52 heavy (non-hydrogen) atoms. The van der Waals surface area contributed by atoms with Crippen LogP contribution in [0.5, 0.6) is 0 Å². The van der Waals surface area contributed by atoms with Gasteiger partial charge in [0.1, 0.15) is 13.7 Å². The topological polar surface area (TPSA) is 19.6 Å². The maximum Gasteiger partial charge on any atom is 0.159 e. The van der Waals surface area contributed by atoms with Crippen LogP contribution in [0.2, 0.25) is 13.1 Å². The van der Waals surface area contributed by atoms with Crippen LogP contribution in [0.4, 0.5) is 34.1 Å². The van der Waals surface area contributed by atoms with Gasteiger partial charge >= 0.3 is 0 Å². The molecule has 4 heteroatoms. The zero-order valence-electron chi connectivity index (χ0n) is 29.1. The number of rotatable bonds is 6. The van der Waals surface area contributed by atoms with Gasteiger partial charge in [-0.25, -0.2) is 0 Å². The summed E-state index contributed by atoms with van der Waals surface area (Å²) in [6.07, 6.45) is 0. The van der Waals surface area contributed by atoms with Crippen LogP contribution < -0.4 is 20.2 Å². The Kier molecular flexibility index (Phi) is 6.95. The molecule has 0 spiro atoms. The molecule has 10 rings (SSSR count). The fourth-order valence-corrected chi connectivity index (χ4v) is 11.5. The van der Waals surface area contributed by atoms with E-state index in [2.05, 4.69) is 199 Å². The monoisotopic (exact) mass is 684 g/mol. The van der Waals surface area contributed by atoms with Crippen molar-refractivity contribution in [3.05, 3.63) is 182 Å². The lowest BCUT2D eigenvalue weighted by Crippen LogP contribution is -2.56. The van der Waals surface area contributed by atoms with E-state index in [-0.39, 0.29) is 0 Å². The normalized spacial score (nSPS) is 13.0. The number of anilines is 6. The average Bonchev–Trinajstić information content (AvgIpc) is 3.58. The molecule has 0 fully saturated rings. The third kappa shape index (κ3) is 4.65. The average molecular weight is 685 g/mol. The Hall–Kier alpha value is -6.36. The quantitative estimate of drug-likeness (QED) is 0.163. The summed E-state index contributed by atoms with van der Waals surface area (Å²) in [6, 6.07) is 65.7. The number of benzene rings is 8. The van der Waals surface area contributed by atoms with Crippen LogP contribution in [0.3, 0.4) is 0 Å². The second-order valence-electron chi connectivity index (χ2n) is 14.1. The summed E-state index contributed by atoms with van der Waals surface area (Å²) in [5.74, 6) is 0. The summed E-state index contributed by atoms with van der Waals surface area (Å²) in [6.45, 7) is 5.03. The van der Waals surface area contributed by atoms with Crippen molar-refractivity contribution in [3.8, 4) is 11.1 Å². The van der Waals surface area contributed by atoms with Gasteiger partial charge in [-0.15, -0.1) is 0 Å². The molecule has 0 N–H and O–H groups in total. The van der Waals surface area contributed by atoms with Gasteiger partial charge in [0, 0.05) is 38.9 Å². The molecule has 8 aromatic carbocycles. The maximum absolute atomic E-state index is 6.63. The number of nitrogens with zero attached hydrogens (tertiary/aromatic N) is 2. The zero-order chi connectivity index (χ0) is 34.8. The minimum absolute atomic E-state index is 0.891. The molecule has 1 aliphatic rings. The summed E-state index contributed by atoms with van der Waals surface area (Å²) in [5, 5.41) is 7.78. The fourth-order valence-electron chi connectivity index (χ4n) is 8.39. The second kappa shape index (κ2) is 11.9. The Morgan fingerprint density at radius 3 is 1.69 bits per heavy atom. The van der Waals surface area contributed by atoms with Crippen LogP contribution in [-0.4, -0.2) is 8.07 Å². The molecular weight excluding hydrogens is 649 g/mol. The Bertz CT molecular complexity index is 2730. The van der Waals surface area contributed by atoms with Crippen LogP contribution in [0, 0.1) is 0 Å². The molecule has 0 bridgehead atoms. The van der Waals surface area contributed by atoms with E-state index < -0.39 is 8.07 Å². The first kappa shape index (κ1) is 30.5. The first-order chi connectivity index (χ1) is 25.6. The van der Waals surface area contributed by atoms with Crippen molar-refractivity contribution in [2.75, 3.05) is 9.80 Å². The zero-order valence-corrected chi connectivity index (χ0v) is 30.1. The maximum atomic E-state index is 6.63. The molecular formula is C48H36N2OSi. The molecule has 1 aliphatic heterocycles. The first-order valence-corrected chi connectivity index (χ1v) is 20.9. The molecule has 1 aromatic heterocycles. The van der Waals surface area contributed by atoms with Crippen molar-refractivity contribution in [2.24, 2.45) is 0 Å². The first-order valence-electron chi connectivity index (χ1n) is 17.9. The molecule has 248 valence electrons. The lowest BCUT2D eigenvalue weighted by Gasteiger charge is -2.36. The van der Waals surface area contributed by atoms with Gasteiger partial charge in [-0.2, -0.15) is 0 Å². The Labute approximate surface area is 304 Å². The van der Waals surface area contributed by atoms with E-state index >= 15 is 0 Å². The number of furan rings is 1. The Morgan fingerprint density at radius 1 is 0.404 bits per heavy atom. The van der Waals surface area contributed by atoms with E-state index in [0.717, 1.165) is 50.4 Å². The third-order valence-electron chi connectivity index (χ3n) is 10.8. The SMILES string of the molecule is C[Si]1(C)c2cc(N(c3ccccc3)c3ccccc3)ccc2-c2ccc(N(c3ccccc3)c3cccc4c3oc3ccccc34)c3cccc1c23. The number of para-hydroxylation sites is 5. The predicted octanol–water partition coefficient (Wildman–Crippen LogP) is 12.5. The lowest BCUT2D eigenvalue weighted by atomic mass is 9.95. The van der Waals surface area contributed by atoms with Gasteiger partial charge in [0.15, 0.2) is 5.58 Å². The van der Waals surface area contributed by atoms with E-state index in [1.807, 2.05) is 6.07 Å². The summed E-state index contributed by atoms with van der Waals surface area (Å²) in [7, 11) is -2.19. The van der Waals surface area contributed by atoms with Crippen molar-refractivity contribution in [1.82, 2.24) is 0 Å². The summed E-state index contributed by atoms with van der Waals surface area (Å²) >= 11 is 0. The van der Waals surface area contributed by atoms with Crippen molar-refractivity contribution in [2.45, 2.75) is 13.1 Å². The van der Waals surface area contributed by atoms with Gasteiger partial charge in [-0.05, 0) is 93.6 Å². The highest BCUT2D eigenvalue weighted by atomic mass is 28.3. The smallest absolute Gasteiger partial charge is 0.159 e. The second-order valence-corrected chi connectivity index (χ2v) is 18.5. The van der Waals surface area contributed by atoms with Crippen LogP contribution in [0.25, 0.3) is 43.8 Å². The van der Waals surface area contributed by atoms with Gasteiger partial charge in [0.25, 0.3) is 0 Å². The van der Waals surface area contributed by atoms with E-state index in [4.69, 9.17) is 4.42 Å². The van der Waals surface area contributed by atoms with Crippen molar-refractivity contribution >= 4 is 85.3 Å². The fraction of sp³-hybridized carbons (Fsp3) is 0.0417. The van der Waals surface area contributed by atoms with Gasteiger partial charge in [0.2, 0.25) is 0 Å². The molecule has 0 aliphatic carbocycles. The highest BCUT2D eigenvalue weighted by Crippen LogP contribution is 2.47. The summed E-state index contributed by atoms with van der Waals surface area (Å²) in [4.78, 5) is 4.76. The van der Waals surface area contributed by atoms with E-state index in [1.54, 1.807) is 0 Å². The molecule has 0 amide bonds. The molecule has 9 aromatic rings. The number of hydrogen-bond donors (Lipinski definition) is 0. The van der Waals surface area contributed by atoms with E-state index in [0.29, 0.717) is 0 Å². The summed E-state index contributed by atoms with van der Waals surface area (Å²) < 4.78 is 6.63. The third-order valence-corrected chi connectivity index (χ3v) is 14.3. The molecule has 0 saturated heterocycles. The highest BCUT2D eigenvalue weighted by Gasteiger charge is 2.37. The molecule has 3 nitrogen and oxygen atoms in total. The van der Waals surface area contributed by atoms with Gasteiger partial charge in [0.05, 0.1) is 11.4 Å². The largest absolute Gasteiger partial charge is 0.454 e. The lowest BCUT2D eigenvalue weighted by molar-refractivity contribution is 0.669. The number of hydrogen-bond acceptors (Lipinski definition) is 3. The minimum atomic E-state index is -2.19. The molecule has 2 heterocycles. The molecule has 0 unspecified atom stereocenters. The van der Waals surface area contributed by atoms with Gasteiger partial charge in [-0.3, -0.25) is 0 Å². The minimum Gasteiger partial charge on any atom is -0.454 e. The Morgan fingerprint density at radius 2 is 0.981 bits per heavy atom. The van der Waals surface area contributed by atoms with Crippen LogP contribution in [-0.2, 0) is 0 Å². The van der Waals surface area contributed by atoms with Gasteiger partial charge in [-0.1, -0.05) is 128 Å². The van der Waals surface area contributed by atoms with E-state index in [1.165, 1.54) is 38.0 Å². The van der Waals surface area contributed by atoms with Crippen LogP contribution >= 0.6 is 0 Å². The summed E-state index contributed by atoms with van der Waals surface area (Å²) in [5.41, 5.74) is 11.2. The van der Waals surface area contributed by atoms with Crippen molar-refractivity contribution in [1.29, 1.82) is 0 Å². The van der Waals surface area contributed by atoms with Crippen molar-refractivity contribution in [3.63, 3.8) is 0 Å². The highest BCUT2D eigenvalue weighted by molar-refractivity contribution is 7.03. The Balaban J connectivity index is 1.19. The molecule has 0 atom stereocenters. The predicted molar refractivity (Wildman–Crippen MR) is 223 cm³/mol. The molecule has 0 radical (unpaired) electrons. The van der Waals surface area contributed by atoms with Crippen molar-refractivity contribution < 1.29 is 4.42 Å². The standard InChI is InChI=1S/C48H36N2OSi/c1-52(2)45-27-15-24-41-42(50(35-20-10-5-11-21-35)43-25-14-23-40-37-22-12-13-26-44(37)51-48(40)43)31-30-39(47(41)45)38-29-28-36(32-46(38)52)49(33-16-6-3-7-17-33)34-18-8-4-9-19-34/h3-32H,1-2H3. The number of fused-ring (bicyclic) bond motifs is 5. The van der Waals surface area contributed by atoms with Crippen LogP contribution in [0.1, 0.15) is 0 Å². The van der Waals surface area contributed by atoms with Crippen LogP contribution in [0.15, 0.2) is 186 Å². The van der Waals surface area contributed by atoms with E-state index in [9.17, 15) is 0 Å². The van der Waals surface area contributed by atoms with Gasteiger partial charge < -0.3 is 14.2 Å². The molecule has 0 saturated carbocycles.